The fourth-order valence-electron chi connectivity index (χ4n) is 3.17. The number of benzene rings is 2. The molecule has 0 aliphatic carbocycles. The summed E-state index contributed by atoms with van der Waals surface area (Å²) in [4.78, 5) is 27.0. The minimum atomic E-state index is -0.342. The first-order valence-corrected chi connectivity index (χ1v) is 11.1. The zero-order valence-electron chi connectivity index (χ0n) is 17.6. The number of hydrogen-bond donors (Lipinski definition) is 0. The van der Waals surface area contributed by atoms with Gasteiger partial charge in [-0.25, -0.2) is 0 Å². The molecule has 0 N–H and O–H groups in total. The van der Waals surface area contributed by atoms with Crippen molar-refractivity contribution in [3.05, 3.63) is 75.7 Å². The smallest absolute Gasteiger partial charge is 0.293 e. The summed E-state index contributed by atoms with van der Waals surface area (Å²) < 4.78 is 11.5. The van der Waals surface area contributed by atoms with Crippen LogP contribution in [0, 0.1) is 12.3 Å². The Hall–Kier alpha value is -3.14. The molecule has 5 nitrogen and oxygen atoms in total. The second-order valence-corrected chi connectivity index (χ2v) is 8.25. The Labute approximate surface area is 197 Å². The molecule has 164 valence electrons. The first-order valence-electron chi connectivity index (χ1n) is 9.93. The Bertz CT molecular complexity index is 1100. The van der Waals surface area contributed by atoms with Gasteiger partial charge in [-0.3, -0.25) is 14.5 Å². The van der Waals surface area contributed by atoms with Crippen LogP contribution in [0.5, 0.6) is 11.5 Å². The largest absolute Gasteiger partial charge is 0.490 e. The molecule has 1 saturated heterocycles. The average molecular weight is 468 g/mol. The van der Waals surface area contributed by atoms with E-state index in [4.69, 9.17) is 27.5 Å². The van der Waals surface area contributed by atoms with Crippen LogP contribution >= 0.6 is 23.4 Å². The normalized spacial score (nSPS) is 14.5. The highest BCUT2D eigenvalue weighted by Gasteiger charge is 2.35. The van der Waals surface area contributed by atoms with Crippen LogP contribution < -0.4 is 9.47 Å². The lowest BCUT2D eigenvalue weighted by atomic mass is 10.0. The summed E-state index contributed by atoms with van der Waals surface area (Å²) in [5.41, 5.74) is 2.36. The van der Waals surface area contributed by atoms with Gasteiger partial charge in [-0.2, -0.15) is 0 Å². The monoisotopic (exact) mass is 467 g/mol. The first-order chi connectivity index (χ1) is 15.5. The molecule has 7 heteroatoms. The average Bonchev–Trinajstić information content (AvgIpc) is 3.02. The van der Waals surface area contributed by atoms with Gasteiger partial charge in [0.15, 0.2) is 11.5 Å². The predicted molar refractivity (Wildman–Crippen MR) is 129 cm³/mol. The SMILES string of the molecule is C#CCOc1c(CC=C)cc(/C=C2/SC(=O)N(Cc3ccc(Cl)cc3)C2=O)cc1OCC. The highest BCUT2D eigenvalue weighted by molar-refractivity contribution is 8.18. The molecular formula is C25H22ClNO4S. The summed E-state index contributed by atoms with van der Waals surface area (Å²) >= 11 is 6.82. The van der Waals surface area contributed by atoms with Gasteiger partial charge in [-0.1, -0.05) is 35.7 Å². The van der Waals surface area contributed by atoms with Crippen LogP contribution in [0.15, 0.2) is 54.0 Å². The van der Waals surface area contributed by atoms with Gasteiger partial charge in [0.1, 0.15) is 6.61 Å². The van der Waals surface area contributed by atoms with Crippen molar-refractivity contribution >= 4 is 40.6 Å². The van der Waals surface area contributed by atoms with Crippen molar-refractivity contribution in [2.24, 2.45) is 0 Å². The van der Waals surface area contributed by atoms with Crippen LogP contribution in [0.25, 0.3) is 6.08 Å². The Morgan fingerprint density at radius 3 is 2.62 bits per heavy atom. The highest BCUT2D eigenvalue weighted by Crippen LogP contribution is 2.37. The minimum absolute atomic E-state index is 0.104. The third-order valence-corrected chi connectivity index (χ3v) is 5.70. The molecule has 0 spiro atoms. The number of carbonyl (C=O) groups is 2. The second kappa shape index (κ2) is 10.9. The van der Waals surface area contributed by atoms with Crippen LogP contribution in [-0.2, 0) is 17.8 Å². The second-order valence-electron chi connectivity index (χ2n) is 6.82. The number of thioether (sulfide) groups is 1. The van der Waals surface area contributed by atoms with Gasteiger partial charge in [0.25, 0.3) is 11.1 Å². The zero-order valence-corrected chi connectivity index (χ0v) is 19.2. The molecule has 2 aromatic rings. The molecule has 0 aromatic heterocycles. The molecule has 0 saturated carbocycles. The number of amides is 2. The van der Waals surface area contributed by atoms with Crippen molar-refractivity contribution in [1.29, 1.82) is 0 Å². The van der Waals surface area contributed by atoms with Crippen LogP contribution in [-0.4, -0.2) is 29.3 Å². The molecule has 32 heavy (non-hydrogen) atoms. The van der Waals surface area contributed by atoms with E-state index in [2.05, 4.69) is 12.5 Å². The van der Waals surface area contributed by atoms with Gasteiger partial charge in [-0.05, 0) is 66.6 Å². The topological polar surface area (TPSA) is 55.8 Å². The van der Waals surface area contributed by atoms with E-state index in [1.807, 2.05) is 13.0 Å². The van der Waals surface area contributed by atoms with Crippen molar-refractivity contribution in [2.45, 2.75) is 19.9 Å². The van der Waals surface area contributed by atoms with Crippen LogP contribution in [0.2, 0.25) is 5.02 Å². The van der Waals surface area contributed by atoms with Crippen molar-refractivity contribution in [1.82, 2.24) is 4.90 Å². The fraction of sp³-hybridized carbons (Fsp3) is 0.200. The van der Waals surface area contributed by atoms with Gasteiger partial charge >= 0.3 is 0 Å². The van der Waals surface area contributed by atoms with E-state index in [0.29, 0.717) is 34.5 Å². The quantitative estimate of drug-likeness (QED) is 0.268. The van der Waals surface area contributed by atoms with Crippen molar-refractivity contribution in [3.63, 3.8) is 0 Å². The van der Waals surface area contributed by atoms with Gasteiger partial charge < -0.3 is 9.47 Å². The Morgan fingerprint density at radius 2 is 1.97 bits per heavy atom. The number of carbonyl (C=O) groups excluding carboxylic acids is 2. The number of ether oxygens (including phenoxy) is 2. The van der Waals surface area contributed by atoms with Gasteiger partial charge in [0.05, 0.1) is 18.1 Å². The molecule has 2 amide bonds. The van der Waals surface area contributed by atoms with Crippen LogP contribution in [0.3, 0.4) is 0 Å². The summed E-state index contributed by atoms with van der Waals surface area (Å²) in [6.07, 6.45) is 9.30. The lowest BCUT2D eigenvalue weighted by Gasteiger charge is -2.15. The van der Waals surface area contributed by atoms with Gasteiger partial charge in [0.2, 0.25) is 0 Å². The molecule has 0 unspecified atom stereocenters. The predicted octanol–water partition coefficient (Wildman–Crippen LogP) is 5.72. The molecule has 1 heterocycles. The van der Waals surface area contributed by atoms with Gasteiger partial charge in [0, 0.05) is 10.6 Å². The third kappa shape index (κ3) is 5.56. The van der Waals surface area contributed by atoms with E-state index in [0.717, 1.165) is 28.5 Å². The maximum Gasteiger partial charge on any atom is 0.293 e. The molecule has 0 atom stereocenters. The van der Waals surface area contributed by atoms with E-state index in [9.17, 15) is 9.59 Å². The first kappa shape index (κ1) is 23.5. The number of nitrogens with zero attached hydrogens (tertiary/aromatic N) is 1. The summed E-state index contributed by atoms with van der Waals surface area (Å²) in [6, 6.07) is 10.7. The Kier molecular flexibility index (Phi) is 8.04. The molecular weight excluding hydrogens is 446 g/mol. The summed E-state index contributed by atoms with van der Waals surface area (Å²) in [7, 11) is 0. The maximum atomic E-state index is 12.9. The lowest BCUT2D eigenvalue weighted by molar-refractivity contribution is -0.123. The summed E-state index contributed by atoms with van der Waals surface area (Å²) in [5.74, 6) is 3.19. The number of imide groups is 1. The van der Waals surface area contributed by atoms with E-state index >= 15 is 0 Å². The molecule has 1 fully saturated rings. The number of halogens is 1. The number of allylic oxidation sites excluding steroid dienone is 1. The molecule has 0 bridgehead atoms. The molecule has 3 rings (SSSR count). The summed E-state index contributed by atoms with van der Waals surface area (Å²) in [5, 5.41) is 0.277. The molecule has 1 aliphatic heterocycles. The third-order valence-electron chi connectivity index (χ3n) is 4.54. The zero-order chi connectivity index (χ0) is 23.1. The Balaban J connectivity index is 1.91. The number of hydrogen-bond acceptors (Lipinski definition) is 5. The fourth-order valence-corrected chi connectivity index (χ4v) is 4.14. The molecule has 1 aliphatic rings. The van der Waals surface area contributed by atoms with E-state index in [1.54, 1.807) is 42.5 Å². The molecule has 0 radical (unpaired) electrons. The summed E-state index contributed by atoms with van der Waals surface area (Å²) in [6.45, 7) is 6.38. The van der Waals surface area contributed by atoms with Crippen molar-refractivity contribution in [3.8, 4) is 23.8 Å². The van der Waals surface area contributed by atoms with E-state index < -0.39 is 0 Å². The van der Waals surface area contributed by atoms with Crippen LogP contribution in [0.1, 0.15) is 23.6 Å². The van der Waals surface area contributed by atoms with Crippen molar-refractivity contribution in [2.75, 3.05) is 13.2 Å². The van der Waals surface area contributed by atoms with E-state index in [-0.39, 0.29) is 24.3 Å². The van der Waals surface area contributed by atoms with Gasteiger partial charge in [-0.15, -0.1) is 13.0 Å². The minimum Gasteiger partial charge on any atom is -0.490 e. The van der Waals surface area contributed by atoms with E-state index in [1.165, 1.54) is 4.90 Å². The number of rotatable bonds is 9. The Morgan fingerprint density at radius 1 is 1.22 bits per heavy atom. The lowest BCUT2D eigenvalue weighted by Crippen LogP contribution is -2.27. The maximum absolute atomic E-state index is 12.9. The molecule has 2 aromatic carbocycles. The highest BCUT2D eigenvalue weighted by atomic mass is 35.5. The van der Waals surface area contributed by atoms with Crippen LogP contribution in [0.4, 0.5) is 4.79 Å². The standard InChI is InChI=1S/C25H22ClNO4S/c1-4-7-19-13-18(14-21(30-6-3)23(19)31-12-5-2)15-22-24(28)27(25(29)32-22)16-17-8-10-20(26)11-9-17/h2,4,8-11,13-15H,1,6-7,12,16H2,3H3/b22-15+. The number of terminal acetylenes is 1. The van der Waals surface area contributed by atoms with Crippen molar-refractivity contribution < 1.29 is 19.1 Å².